The maximum Gasteiger partial charge on any atom is 0.368 e. The van der Waals surface area contributed by atoms with Gasteiger partial charge in [0.2, 0.25) is 17.8 Å². The van der Waals surface area contributed by atoms with Crippen LogP contribution in [0.2, 0.25) is 0 Å². The summed E-state index contributed by atoms with van der Waals surface area (Å²) in [5.74, 6) is -1.09. The van der Waals surface area contributed by atoms with E-state index in [1.807, 2.05) is 0 Å². The molecule has 1 aliphatic rings. The number of methoxy groups -OCH3 is 2. The van der Waals surface area contributed by atoms with Gasteiger partial charge in [-0.1, -0.05) is 6.08 Å². The molecule has 0 aromatic carbocycles. The highest BCUT2D eigenvalue weighted by Gasteiger charge is 2.59. The van der Waals surface area contributed by atoms with Crippen LogP contribution >= 0.6 is 0 Å². The van der Waals surface area contributed by atoms with E-state index in [0.29, 0.717) is 5.56 Å². The van der Waals surface area contributed by atoms with Gasteiger partial charge >= 0.3 is 5.97 Å². The van der Waals surface area contributed by atoms with Crippen LogP contribution in [0, 0.1) is 0 Å². The number of rotatable bonds is 7. The highest BCUT2D eigenvalue weighted by Crippen LogP contribution is 2.49. The zero-order valence-electron chi connectivity index (χ0n) is 17.2. The van der Waals surface area contributed by atoms with Gasteiger partial charge in [0.05, 0.1) is 26.4 Å². The van der Waals surface area contributed by atoms with E-state index in [9.17, 15) is 19.8 Å². The average Bonchev–Trinajstić information content (AvgIpc) is 2.64. The Morgan fingerprint density at radius 2 is 2.07 bits per heavy atom. The molecule has 0 bridgehead atoms. The average molecular weight is 409 g/mol. The summed E-state index contributed by atoms with van der Waals surface area (Å²) in [5, 5.41) is 22.6. The minimum Gasteiger partial charge on any atom is -0.498 e. The molecule has 160 valence electrons. The zero-order chi connectivity index (χ0) is 22.0. The van der Waals surface area contributed by atoms with Crippen molar-refractivity contribution in [2.24, 2.45) is 0 Å². The molecule has 2 rings (SSSR count). The Balaban J connectivity index is 2.86. The topological polar surface area (TPSA) is 130 Å². The van der Waals surface area contributed by atoms with Gasteiger partial charge in [0, 0.05) is 17.2 Å². The molecule has 10 nitrogen and oxygen atoms in total. The quantitative estimate of drug-likeness (QED) is 0.292. The third kappa shape index (κ3) is 3.78. The highest BCUT2D eigenvalue weighted by atomic mass is 16.6. The second kappa shape index (κ2) is 8.36. The highest BCUT2D eigenvalue weighted by molar-refractivity contribution is 5.78. The molecule has 0 fully saturated rings. The first-order valence-corrected chi connectivity index (χ1v) is 8.98. The van der Waals surface area contributed by atoms with Crippen LogP contribution in [0.15, 0.2) is 18.7 Å². The monoisotopic (exact) mass is 409 g/mol. The van der Waals surface area contributed by atoms with E-state index in [-0.39, 0.29) is 30.5 Å². The summed E-state index contributed by atoms with van der Waals surface area (Å²) in [5.41, 5.74) is 2.37. The van der Waals surface area contributed by atoms with E-state index in [2.05, 4.69) is 17.0 Å². The number of aromatic nitrogens is 1. The molecule has 29 heavy (non-hydrogen) atoms. The first kappa shape index (κ1) is 22.6. The van der Waals surface area contributed by atoms with Gasteiger partial charge in [0.1, 0.15) is 12.6 Å². The van der Waals surface area contributed by atoms with Crippen molar-refractivity contribution in [1.29, 1.82) is 0 Å². The fourth-order valence-corrected chi connectivity index (χ4v) is 3.83. The molecule has 1 aromatic rings. The number of fused-ring (bicyclic) bond motifs is 1. The largest absolute Gasteiger partial charge is 0.498 e. The van der Waals surface area contributed by atoms with Crippen LogP contribution in [0.5, 0.6) is 11.8 Å². The van der Waals surface area contributed by atoms with Crippen LogP contribution in [0.25, 0.3) is 0 Å². The van der Waals surface area contributed by atoms with Gasteiger partial charge in [0.15, 0.2) is 0 Å². The van der Waals surface area contributed by atoms with E-state index in [0.717, 1.165) is 0 Å². The number of carboxylic acids is 1. The lowest BCUT2D eigenvalue weighted by molar-refractivity contribution is -0.943. The predicted molar refractivity (Wildman–Crippen MR) is 100 cm³/mol. The molecule has 0 aliphatic carbocycles. The zero-order valence-corrected chi connectivity index (χ0v) is 17.2. The summed E-state index contributed by atoms with van der Waals surface area (Å²) in [6.07, 6.45) is 0.00563. The van der Waals surface area contributed by atoms with Crippen LogP contribution in [-0.2, 0) is 9.63 Å². The number of pyridine rings is 1. The number of carbonyl (C=O) groups is 2. The number of quaternary nitrogens is 1. The molecule has 0 saturated carbocycles. The standard InChI is InChI=1S/C19H27N3O7/c1-7-8-29-21-12-10-22(18(25)26,19(2,3)4)15(17(23)24)11-9-13(27-5)20-16(28-6)14(11)12/h7,9,12,15,21H,1,8,10H2,2-6H3,(H-,23,24,25,26). The Labute approximate surface area is 169 Å². The number of hydrogen-bond donors (Lipinski definition) is 2. The van der Waals surface area contributed by atoms with E-state index in [1.54, 1.807) is 20.8 Å². The summed E-state index contributed by atoms with van der Waals surface area (Å²) in [7, 11) is 2.76. The number of aliphatic carboxylic acids is 1. The fourth-order valence-electron chi connectivity index (χ4n) is 3.83. The van der Waals surface area contributed by atoms with Gasteiger partial charge in [-0.25, -0.2) is 4.79 Å². The van der Waals surface area contributed by atoms with Crippen molar-refractivity contribution < 1.29 is 38.6 Å². The molecule has 1 amide bonds. The SMILES string of the molecule is C=CCONC1C[N+](C(=O)[O-])(C(C)(C)C)C(C(=O)O)c2cc(OC)nc(OC)c21. The minimum atomic E-state index is -1.51. The molecule has 3 atom stereocenters. The van der Waals surface area contributed by atoms with Crippen molar-refractivity contribution in [2.45, 2.75) is 38.4 Å². The summed E-state index contributed by atoms with van der Waals surface area (Å²) in [6, 6.07) is -0.802. The molecule has 0 radical (unpaired) electrons. The number of hydrogen-bond acceptors (Lipinski definition) is 8. The Morgan fingerprint density at radius 1 is 1.41 bits per heavy atom. The Bertz CT molecular complexity index is 806. The predicted octanol–water partition coefficient (Wildman–Crippen LogP) is 0.945. The number of nitrogens with one attached hydrogen (secondary N) is 1. The molecular weight excluding hydrogens is 382 g/mol. The van der Waals surface area contributed by atoms with Gasteiger partial charge in [-0.05, 0) is 20.8 Å². The maximum absolute atomic E-state index is 12.5. The summed E-state index contributed by atoms with van der Waals surface area (Å²) in [4.78, 5) is 34.4. The molecule has 0 saturated heterocycles. The molecule has 1 aromatic heterocycles. The first-order chi connectivity index (χ1) is 13.5. The molecule has 3 unspecified atom stereocenters. The van der Waals surface area contributed by atoms with Crippen LogP contribution in [0.3, 0.4) is 0 Å². The van der Waals surface area contributed by atoms with Crippen molar-refractivity contribution in [3.8, 4) is 11.8 Å². The third-order valence-electron chi connectivity index (χ3n) is 5.17. The molecule has 1 aliphatic heterocycles. The normalized spacial score (nSPS) is 23.8. The third-order valence-corrected chi connectivity index (χ3v) is 5.17. The Morgan fingerprint density at radius 3 is 2.52 bits per heavy atom. The number of carboxylic acid groups (broad SMARTS) is 2. The van der Waals surface area contributed by atoms with Crippen LogP contribution < -0.4 is 20.1 Å². The molecule has 10 heteroatoms. The lowest BCUT2D eigenvalue weighted by atomic mass is 9.83. The summed E-state index contributed by atoms with van der Waals surface area (Å²) in [6.45, 7) is 8.52. The van der Waals surface area contributed by atoms with Crippen molar-refractivity contribution in [3.63, 3.8) is 0 Å². The fraction of sp³-hybridized carbons (Fsp3) is 0.526. The van der Waals surface area contributed by atoms with E-state index < -0.39 is 34.2 Å². The van der Waals surface area contributed by atoms with Gasteiger partial charge in [-0.3, -0.25) is 9.32 Å². The second-order valence-corrected chi connectivity index (χ2v) is 7.68. The summed E-state index contributed by atoms with van der Waals surface area (Å²) < 4.78 is 9.67. The molecular formula is C19H27N3O7. The van der Waals surface area contributed by atoms with Crippen LogP contribution in [0.1, 0.15) is 44.0 Å². The Hall–Kier alpha value is -2.69. The number of nitrogens with zero attached hydrogens (tertiary/aromatic N) is 2. The van der Waals surface area contributed by atoms with Crippen LogP contribution in [0.4, 0.5) is 4.79 Å². The molecule has 0 spiro atoms. The van der Waals surface area contributed by atoms with Crippen molar-refractivity contribution in [3.05, 3.63) is 29.8 Å². The summed E-state index contributed by atoms with van der Waals surface area (Å²) >= 11 is 0. The van der Waals surface area contributed by atoms with Gasteiger partial charge < -0.3 is 24.5 Å². The van der Waals surface area contributed by atoms with Gasteiger partial charge in [-0.2, -0.15) is 10.5 Å². The lowest BCUT2D eigenvalue weighted by Gasteiger charge is -2.54. The first-order valence-electron chi connectivity index (χ1n) is 8.98. The number of hydroxylamine groups is 1. The van der Waals surface area contributed by atoms with E-state index >= 15 is 0 Å². The smallest absolute Gasteiger partial charge is 0.368 e. The van der Waals surface area contributed by atoms with Crippen molar-refractivity contribution >= 4 is 12.1 Å². The molecule has 2 heterocycles. The Kier molecular flexibility index (Phi) is 6.51. The number of amides is 1. The molecule has 2 N–H and O–H groups in total. The number of ether oxygens (including phenoxy) is 2. The van der Waals surface area contributed by atoms with Crippen LogP contribution in [-0.4, -0.2) is 59.5 Å². The maximum atomic E-state index is 12.5. The van der Waals surface area contributed by atoms with E-state index in [1.165, 1.54) is 26.4 Å². The van der Waals surface area contributed by atoms with E-state index in [4.69, 9.17) is 14.3 Å². The second-order valence-electron chi connectivity index (χ2n) is 7.68. The van der Waals surface area contributed by atoms with Gasteiger partial charge in [-0.15, -0.1) is 6.58 Å². The van der Waals surface area contributed by atoms with Crippen molar-refractivity contribution in [2.75, 3.05) is 27.4 Å². The van der Waals surface area contributed by atoms with Gasteiger partial charge in [0.25, 0.3) is 6.09 Å². The lowest BCUT2D eigenvalue weighted by Crippen LogP contribution is -2.73. The number of carbonyl (C=O) groups excluding carboxylic acids is 1. The minimum absolute atomic E-state index is 0.102. The van der Waals surface area contributed by atoms with Crippen molar-refractivity contribution in [1.82, 2.24) is 10.5 Å².